The van der Waals surface area contributed by atoms with Crippen molar-refractivity contribution in [3.63, 3.8) is 0 Å². The van der Waals surface area contributed by atoms with E-state index in [0.717, 1.165) is 5.56 Å². The summed E-state index contributed by atoms with van der Waals surface area (Å²) in [5.74, 6) is 0.307. The summed E-state index contributed by atoms with van der Waals surface area (Å²) >= 11 is 0. The number of carbonyl (C=O) groups is 1. The Bertz CT molecular complexity index is 608. The first-order valence-corrected chi connectivity index (χ1v) is 5.24. The van der Waals surface area contributed by atoms with Gasteiger partial charge in [-0.25, -0.2) is 9.48 Å². The Morgan fingerprint density at radius 2 is 2.22 bits per heavy atom. The standard InChI is InChI=1S/C11H9N3O4/c15-11(16)8-5-14(13-12-8)4-7-1-2-9-10(3-7)18-6-17-9/h1-3,5H,4,6H2,(H,15,16). The fourth-order valence-corrected chi connectivity index (χ4v) is 1.70. The van der Waals surface area contributed by atoms with E-state index < -0.39 is 5.97 Å². The molecule has 92 valence electrons. The molecule has 0 bridgehead atoms. The Morgan fingerprint density at radius 1 is 1.39 bits per heavy atom. The molecule has 0 radical (unpaired) electrons. The second-order valence-corrected chi connectivity index (χ2v) is 3.79. The lowest BCUT2D eigenvalue weighted by Gasteiger charge is -2.02. The first-order valence-electron chi connectivity index (χ1n) is 5.24. The van der Waals surface area contributed by atoms with E-state index in [0.29, 0.717) is 18.0 Å². The van der Waals surface area contributed by atoms with Crippen molar-refractivity contribution in [3.8, 4) is 11.5 Å². The summed E-state index contributed by atoms with van der Waals surface area (Å²) in [6, 6.07) is 5.52. The molecule has 0 spiro atoms. The average Bonchev–Trinajstić information content (AvgIpc) is 2.96. The van der Waals surface area contributed by atoms with Crippen molar-refractivity contribution in [2.75, 3.05) is 6.79 Å². The summed E-state index contributed by atoms with van der Waals surface area (Å²) in [5, 5.41) is 16.0. The van der Waals surface area contributed by atoms with Crippen LogP contribution in [0.3, 0.4) is 0 Å². The molecule has 1 aliphatic rings. The van der Waals surface area contributed by atoms with Gasteiger partial charge in [-0.15, -0.1) is 5.10 Å². The Labute approximate surface area is 102 Å². The molecule has 1 aliphatic heterocycles. The molecule has 0 unspecified atom stereocenters. The van der Waals surface area contributed by atoms with Gasteiger partial charge in [-0.1, -0.05) is 11.3 Å². The van der Waals surface area contributed by atoms with E-state index in [-0.39, 0.29) is 12.5 Å². The third-order valence-electron chi connectivity index (χ3n) is 2.54. The normalized spacial score (nSPS) is 12.7. The molecule has 0 amide bonds. The second-order valence-electron chi connectivity index (χ2n) is 3.79. The van der Waals surface area contributed by atoms with Crippen molar-refractivity contribution in [1.29, 1.82) is 0 Å². The molecule has 0 saturated heterocycles. The number of carboxylic acids is 1. The smallest absolute Gasteiger partial charge is 0.358 e. The summed E-state index contributed by atoms with van der Waals surface area (Å²) in [6.45, 7) is 0.655. The Kier molecular flexibility index (Phi) is 2.36. The van der Waals surface area contributed by atoms with E-state index in [9.17, 15) is 4.79 Å². The summed E-state index contributed by atoms with van der Waals surface area (Å²) in [5.41, 5.74) is 0.858. The maximum absolute atomic E-state index is 10.7. The van der Waals surface area contributed by atoms with E-state index in [4.69, 9.17) is 14.6 Å². The molecule has 2 heterocycles. The SMILES string of the molecule is O=C(O)c1cn(Cc2ccc3c(c2)OCO3)nn1. The number of rotatable bonds is 3. The average molecular weight is 247 g/mol. The summed E-state index contributed by atoms with van der Waals surface area (Å²) < 4.78 is 11.9. The van der Waals surface area contributed by atoms with Crippen LogP contribution >= 0.6 is 0 Å². The van der Waals surface area contributed by atoms with Crippen LogP contribution in [0.2, 0.25) is 0 Å². The zero-order valence-corrected chi connectivity index (χ0v) is 9.24. The van der Waals surface area contributed by atoms with Crippen molar-refractivity contribution in [2.24, 2.45) is 0 Å². The molecule has 1 aromatic carbocycles. The van der Waals surface area contributed by atoms with Crippen LogP contribution in [0.4, 0.5) is 0 Å². The lowest BCUT2D eigenvalue weighted by atomic mass is 10.2. The van der Waals surface area contributed by atoms with Gasteiger partial charge in [0.15, 0.2) is 17.2 Å². The van der Waals surface area contributed by atoms with Gasteiger partial charge in [0.1, 0.15) is 0 Å². The zero-order valence-electron chi connectivity index (χ0n) is 9.24. The number of nitrogens with zero attached hydrogens (tertiary/aromatic N) is 3. The van der Waals surface area contributed by atoms with E-state index >= 15 is 0 Å². The largest absolute Gasteiger partial charge is 0.476 e. The molecule has 1 N–H and O–H groups in total. The van der Waals surface area contributed by atoms with E-state index in [1.54, 1.807) is 0 Å². The highest BCUT2D eigenvalue weighted by molar-refractivity contribution is 5.84. The van der Waals surface area contributed by atoms with Crippen LogP contribution < -0.4 is 9.47 Å². The molecule has 3 rings (SSSR count). The highest BCUT2D eigenvalue weighted by Gasteiger charge is 2.14. The van der Waals surface area contributed by atoms with Gasteiger partial charge in [-0.05, 0) is 17.7 Å². The molecule has 0 aliphatic carbocycles. The minimum atomic E-state index is -1.09. The van der Waals surface area contributed by atoms with Crippen molar-refractivity contribution in [3.05, 3.63) is 35.7 Å². The van der Waals surface area contributed by atoms with Crippen LogP contribution in [-0.2, 0) is 6.54 Å². The number of aromatic carboxylic acids is 1. The fraction of sp³-hybridized carbons (Fsp3) is 0.182. The molecule has 0 saturated carbocycles. The van der Waals surface area contributed by atoms with Gasteiger partial charge in [0.25, 0.3) is 0 Å². The third kappa shape index (κ3) is 1.86. The van der Waals surface area contributed by atoms with Crippen LogP contribution in [0.5, 0.6) is 11.5 Å². The molecule has 7 nitrogen and oxygen atoms in total. The maximum Gasteiger partial charge on any atom is 0.358 e. The number of hydrogen-bond donors (Lipinski definition) is 1. The van der Waals surface area contributed by atoms with Crippen LogP contribution in [0.1, 0.15) is 16.1 Å². The molecule has 1 aromatic heterocycles. The molecule has 2 aromatic rings. The zero-order chi connectivity index (χ0) is 12.5. The van der Waals surface area contributed by atoms with Gasteiger partial charge in [-0.3, -0.25) is 0 Å². The van der Waals surface area contributed by atoms with E-state index in [1.165, 1.54) is 10.9 Å². The number of ether oxygens (including phenoxy) is 2. The second kappa shape index (κ2) is 4.02. The van der Waals surface area contributed by atoms with Crippen molar-refractivity contribution < 1.29 is 19.4 Å². The quantitative estimate of drug-likeness (QED) is 0.861. The third-order valence-corrected chi connectivity index (χ3v) is 2.54. The predicted octanol–water partition coefficient (Wildman–Crippen LogP) is 0.753. The summed E-state index contributed by atoms with van der Waals surface area (Å²) in [4.78, 5) is 10.7. The van der Waals surface area contributed by atoms with Crippen LogP contribution in [-0.4, -0.2) is 32.9 Å². The highest BCUT2D eigenvalue weighted by Crippen LogP contribution is 2.32. The minimum absolute atomic E-state index is 0.0734. The lowest BCUT2D eigenvalue weighted by Crippen LogP contribution is -2.00. The van der Waals surface area contributed by atoms with Crippen LogP contribution in [0, 0.1) is 0 Å². The van der Waals surface area contributed by atoms with Gasteiger partial charge < -0.3 is 14.6 Å². The molecule has 7 heteroatoms. The minimum Gasteiger partial charge on any atom is -0.476 e. The molecule has 0 atom stereocenters. The summed E-state index contributed by atoms with van der Waals surface area (Å²) in [6.07, 6.45) is 1.38. The van der Waals surface area contributed by atoms with Gasteiger partial charge in [0.2, 0.25) is 6.79 Å². The Morgan fingerprint density at radius 3 is 3.00 bits per heavy atom. The number of benzene rings is 1. The van der Waals surface area contributed by atoms with Crippen molar-refractivity contribution >= 4 is 5.97 Å². The van der Waals surface area contributed by atoms with Crippen molar-refractivity contribution in [2.45, 2.75) is 6.54 Å². The molecular formula is C11H9N3O4. The van der Waals surface area contributed by atoms with Crippen LogP contribution in [0.15, 0.2) is 24.4 Å². The lowest BCUT2D eigenvalue weighted by molar-refractivity contribution is 0.0690. The molecule has 0 fully saturated rings. The monoisotopic (exact) mass is 247 g/mol. The number of aromatic nitrogens is 3. The predicted molar refractivity (Wildman–Crippen MR) is 58.6 cm³/mol. The van der Waals surface area contributed by atoms with Gasteiger partial charge in [0, 0.05) is 0 Å². The Hall–Kier alpha value is -2.57. The fourth-order valence-electron chi connectivity index (χ4n) is 1.70. The topological polar surface area (TPSA) is 86.5 Å². The number of carboxylic acid groups (broad SMARTS) is 1. The highest BCUT2D eigenvalue weighted by atomic mass is 16.7. The van der Waals surface area contributed by atoms with Crippen LogP contribution in [0.25, 0.3) is 0 Å². The Balaban J connectivity index is 1.81. The molecule has 18 heavy (non-hydrogen) atoms. The summed E-state index contributed by atoms with van der Waals surface area (Å²) in [7, 11) is 0. The maximum atomic E-state index is 10.7. The van der Waals surface area contributed by atoms with Gasteiger partial charge >= 0.3 is 5.97 Å². The number of fused-ring (bicyclic) bond motifs is 1. The first-order chi connectivity index (χ1) is 8.72. The first kappa shape index (κ1) is 10.6. The van der Waals surface area contributed by atoms with E-state index in [1.807, 2.05) is 18.2 Å². The van der Waals surface area contributed by atoms with E-state index in [2.05, 4.69) is 10.3 Å². The van der Waals surface area contributed by atoms with Gasteiger partial charge in [-0.2, -0.15) is 0 Å². The molecular weight excluding hydrogens is 238 g/mol. The van der Waals surface area contributed by atoms with Gasteiger partial charge in [0.05, 0.1) is 12.7 Å². The van der Waals surface area contributed by atoms with Crippen molar-refractivity contribution in [1.82, 2.24) is 15.0 Å². The number of hydrogen-bond acceptors (Lipinski definition) is 5.